The second-order valence-electron chi connectivity index (χ2n) is 5.16. The summed E-state index contributed by atoms with van der Waals surface area (Å²) in [7, 11) is 2.35. The van der Waals surface area contributed by atoms with Gasteiger partial charge in [0.2, 0.25) is 5.75 Å². The highest BCUT2D eigenvalue weighted by Gasteiger charge is 2.27. The number of esters is 2. The maximum atomic E-state index is 12.2. The van der Waals surface area contributed by atoms with E-state index in [1.807, 2.05) is 0 Å². The van der Waals surface area contributed by atoms with Crippen molar-refractivity contribution in [2.45, 2.75) is 6.92 Å². The number of carbonyl (C=O) groups excluding carboxylic acids is 3. The van der Waals surface area contributed by atoms with Gasteiger partial charge in [0.05, 0.1) is 19.8 Å². The Morgan fingerprint density at radius 3 is 2.54 bits per heavy atom. The molecule has 2 rings (SSSR count). The van der Waals surface area contributed by atoms with Crippen molar-refractivity contribution in [1.29, 1.82) is 0 Å². The molecule has 1 amide bonds. The third-order valence-electron chi connectivity index (χ3n) is 3.44. The van der Waals surface area contributed by atoms with Crippen LogP contribution in [-0.2, 0) is 14.3 Å². The minimum absolute atomic E-state index is 0.00797. The quantitative estimate of drug-likeness (QED) is 0.411. The van der Waals surface area contributed by atoms with Crippen molar-refractivity contribution in [3.05, 3.63) is 44.4 Å². The van der Waals surface area contributed by atoms with Crippen molar-refractivity contribution in [2.75, 3.05) is 26.1 Å². The van der Waals surface area contributed by atoms with Crippen molar-refractivity contribution in [2.24, 2.45) is 0 Å². The van der Waals surface area contributed by atoms with E-state index in [-0.39, 0.29) is 21.2 Å². The highest BCUT2D eigenvalue weighted by atomic mass is 32.1. The smallest absolute Gasteiger partial charge is 0.406 e. The molecule has 28 heavy (non-hydrogen) atoms. The average molecular weight is 409 g/mol. The zero-order valence-corrected chi connectivity index (χ0v) is 15.8. The summed E-state index contributed by atoms with van der Waals surface area (Å²) >= 11 is 0.837. The topological polar surface area (TPSA) is 147 Å². The Morgan fingerprint density at radius 1 is 1.25 bits per heavy atom. The Hall–Kier alpha value is -3.54. The lowest BCUT2D eigenvalue weighted by atomic mass is 10.1. The second kappa shape index (κ2) is 8.90. The highest BCUT2D eigenvalue weighted by Crippen LogP contribution is 2.34. The molecule has 2 aromatic rings. The first-order valence-electron chi connectivity index (χ1n) is 7.62. The van der Waals surface area contributed by atoms with Gasteiger partial charge in [-0.1, -0.05) is 0 Å². The molecule has 0 aliphatic rings. The van der Waals surface area contributed by atoms with Crippen LogP contribution in [0, 0.1) is 17.0 Å². The lowest BCUT2D eigenvalue weighted by Gasteiger charge is -2.08. The molecule has 0 saturated carbocycles. The van der Waals surface area contributed by atoms with Gasteiger partial charge < -0.3 is 29.6 Å². The van der Waals surface area contributed by atoms with Crippen LogP contribution in [0.25, 0.3) is 0 Å². The monoisotopic (exact) mass is 409 g/mol. The van der Waals surface area contributed by atoms with Crippen LogP contribution in [-0.4, -0.2) is 48.6 Å². The van der Waals surface area contributed by atoms with Gasteiger partial charge in [-0.3, -0.25) is 4.79 Å². The zero-order valence-electron chi connectivity index (χ0n) is 15.0. The lowest BCUT2D eigenvalue weighted by molar-refractivity contribution is -0.390. The minimum atomic E-state index is -0.747. The Bertz CT molecular complexity index is 940. The van der Waals surface area contributed by atoms with E-state index in [0.717, 1.165) is 18.4 Å². The van der Waals surface area contributed by atoms with E-state index < -0.39 is 35.2 Å². The van der Waals surface area contributed by atoms with Gasteiger partial charge in [0.25, 0.3) is 5.91 Å². The number of amides is 1. The van der Waals surface area contributed by atoms with Gasteiger partial charge in [-0.15, -0.1) is 11.3 Å². The van der Waals surface area contributed by atoms with E-state index in [0.29, 0.717) is 5.56 Å². The van der Waals surface area contributed by atoms with Gasteiger partial charge in [-0.2, -0.15) is 0 Å². The molecule has 2 heterocycles. The van der Waals surface area contributed by atoms with Crippen LogP contribution in [0.15, 0.2) is 18.3 Å². The van der Waals surface area contributed by atoms with Crippen LogP contribution in [0.2, 0.25) is 0 Å². The van der Waals surface area contributed by atoms with Crippen LogP contribution in [0.3, 0.4) is 0 Å². The Balaban J connectivity index is 2.21. The predicted molar refractivity (Wildman–Crippen MR) is 96.8 cm³/mol. The molecule has 0 bridgehead atoms. The van der Waals surface area contributed by atoms with Gasteiger partial charge in [0, 0.05) is 0 Å². The van der Waals surface area contributed by atoms with Gasteiger partial charge in [-0.25, -0.2) is 9.59 Å². The van der Waals surface area contributed by atoms with Crippen LogP contribution in [0.4, 0.5) is 10.8 Å². The molecule has 11 nitrogen and oxygen atoms in total. The minimum Gasteiger partial charge on any atom is -0.476 e. The summed E-state index contributed by atoms with van der Waals surface area (Å²) in [6.45, 7) is 0.928. The first-order valence-corrected chi connectivity index (χ1v) is 8.43. The number of aromatic nitrogens is 1. The number of nitro groups is 1. The molecule has 0 aliphatic carbocycles. The number of thiophene rings is 1. The van der Waals surface area contributed by atoms with Crippen LogP contribution in [0.1, 0.15) is 25.6 Å². The summed E-state index contributed by atoms with van der Waals surface area (Å²) < 4.78 is 14.5. The van der Waals surface area contributed by atoms with Crippen molar-refractivity contribution in [3.63, 3.8) is 0 Å². The lowest BCUT2D eigenvalue weighted by Crippen LogP contribution is -2.21. The van der Waals surface area contributed by atoms with Gasteiger partial charge >= 0.3 is 17.8 Å². The third kappa shape index (κ3) is 4.40. The summed E-state index contributed by atoms with van der Waals surface area (Å²) in [6.07, 6.45) is 1.22. The van der Waals surface area contributed by atoms with Crippen molar-refractivity contribution >= 4 is 40.0 Å². The molecular formula is C16H15N3O8S. The molecule has 148 valence electrons. The highest BCUT2D eigenvalue weighted by molar-refractivity contribution is 7.18. The van der Waals surface area contributed by atoms with Crippen molar-refractivity contribution in [3.8, 4) is 5.75 Å². The van der Waals surface area contributed by atoms with Crippen LogP contribution in [0.5, 0.6) is 5.75 Å². The maximum Gasteiger partial charge on any atom is 0.406 e. The molecule has 0 atom stereocenters. The average Bonchev–Trinajstić information content (AvgIpc) is 3.01. The number of pyridine rings is 1. The van der Waals surface area contributed by atoms with E-state index in [4.69, 9.17) is 4.74 Å². The number of hydrogen-bond donors (Lipinski definition) is 1. The number of nitrogens with zero attached hydrogens (tertiary/aromatic N) is 2. The predicted octanol–water partition coefficient (Wildman–Crippen LogP) is 1.95. The SMILES string of the molecule is COC(=O)c1sc(NC(=O)COc2cccnc2[N+](=O)[O-])c(C(=O)OC)c1C. The molecule has 0 unspecified atom stereocenters. The summed E-state index contributed by atoms with van der Waals surface area (Å²) in [5.41, 5.74) is 0.302. The number of nitrogens with one attached hydrogen (secondary N) is 1. The number of rotatable bonds is 7. The molecule has 0 spiro atoms. The Kier molecular flexibility index (Phi) is 6.60. The first kappa shape index (κ1) is 20.8. The number of anilines is 1. The molecule has 1 N–H and O–H groups in total. The molecule has 0 aromatic carbocycles. The largest absolute Gasteiger partial charge is 0.476 e. The fourth-order valence-corrected chi connectivity index (χ4v) is 3.30. The second-order valence-corrected chi connectivity index (χ2v) is 6.18. The van der Waals surface area contributed by atoms with E-state index in [1.54, 1.807) is 0 Å². The Labute approximate surface area is 162 Å². The number of carbonyl (C=O) groups is 3. The molecule has 0 aliphatic heterocycles. The first-order chi connectivity index (χ1) is 13.3. The zero-order chi connectivity index (χ0) is 20.8. The van der Waals surface area contributed by atoms with E-state index >= 15 is 0 Å². The summed E-state index contributed by atoms with van der Waals surface area (Å²) in [6, 6.07) is 2.71. The molecule has 0 radical (unpaired) electrons. The van der Waals surface area contributed by atoms with Crippen molar-refractivity contribution < 1.29 is 33.5 Å². The molecule has 0 saturated heterocycles. The molecule has 0 fully saturated rings. The Morgan fingerprint density at radius 2 is 1.93 bits per heavy atom. The molecular weight excluding hydrogens is 394 g/mol. The maximum absolute atomic E-state index is 12.2. The van der Waals surface area contributed by atoms with Crippen LogP contribution >= 0.6 is 11.3 Å². The summed E-state index contributed by atoms with van der Waals surface area (Å²) in [5.74, 6) is -2.85. The van der Waals surface area contributed by atoms with Gasteiger partial charge in [0.15, 0.2) is 6.61 Å². The fourth-order valence-electron chi connectivity index (χ4n) is 2.17. The molecule has 2 aromatic heterocycles. The normalized spacial score (nSPS) is 10.1. The standard InChI is InChI=1S/C16H15N3O8S/c1-8-11(15(21)25-2)14(28-12(8)16(22)26-3)18-10(20)7-27-9-5-4-6-17-13(9)19(23)24/h4-6H,7H2,1-3H3,(H,18,20). The number of hydrogen-bond acceptors (Lipinski definition) is 10. The van der Waals surface area contributed by atoms with Gasteiger partial charge in [-0.05, 0) is 34.5 Å². The van der Waals surface area contributed by atoms with Crippen LogP contribution < -0.4 is 10.1 Å². The number of methoxy groups -OCH3 is 2. The van der Waals surface area contributed by atoms with Gasteiger partial charge in [0.1, 0.15) is 16.1 Å². The van der Waals surface area contributed by atoms with Crippen molar-refractivity contribution in [1.82, 2.24) is 4.98 Å². The third-order valence-corrected chi connectivity index (χ3v) is 4.63. The summed E-state index contributed by atoms with van der Waals surface area (Å²) in [4.78, 5) is 49.9. The van der Waals surface area contributed by atoms with E-state index in [2.05, 4.69) is 19.8 Å². The molecule has 12 heteroatoms. The summed E-state index contributed by atoms with van der Waals surface area (Å²) in [5, 5.41) is 13.4. The number of ether oxygens (including phenoxy) is 3. The van der Waals surface area contributed by atoms with E-state index in [9.17, 15) is 24.5 Å². The van der Waals surface area contributed by atoms with E-state index in [1.165, 1.54) is 32.4 Å². The fraction of sp³-hybridized carbons (Fsp3) is 0.250.